The summed E-state index contributed by atoms with van der Waals surface area (Å²) in [4.78, 5) is 24.8. The first kappa shape index (κ1) is 22.3. The van der Waals surface area contributed by atoms with E-state index in [-0.39, 0.29) is 11.8 Å². The molecule has 0 spiro atoms. The van der Waals surface area contributed by atoms with E-state index in [9.17, 15) is 9.59 Å². The lowest BCUT2D eigenvalue weighted by molar-refractivity contribution is -0.117. The molecule has 0 saturated carbocycles. The average Bonchev–Trinajstić information content (AvgIpc) is 2.73. The molecule has 2 rings (SSSR count). The molecule has 0 atom stereocenters. The van der Waals surface area contributed by atoms with Crippen LogP contribution in [0.1, 0.15) is 53.1 Å². The van der Waals surface area contributed by atoms with Crippen LogP contribution in [0.25, 0.3) is 5.57 Å². The standard InChI is InChI=1S/C23H28N2O4/c1-5-9-18(17-10-7-6-8-11-17)15-21(26)24-25-22(27)20-13-12-19(14-16(20)2)23(28-3)29-4/h6-8,10-15,23H,5,9H2,1-4H3,(H,24,26)(H,25,27)/b18-15+. The van der Waals surface area contributed by atoms with Crippen molar-refractivity contribution in [2.75, 3.05) is 14.2 Å². The zero-order valence-corrected chi connectivity index (χ0v) is 17.3. The van der Waals surface area contributed by atoms with E-state index in [1.165, 1.54) is 6.08 Å². The number of rotatable bonds is 8. The van der Waals surface area contributed by atoms with Gasteiger partial charge in [-0.3, -0.25) is 20.4 Å². The molecule has 2 N–H and O–H groups in total. The molecular weight excluding hydrogens is 368 g/mol. The van der Waals surface area contributed by atoms with Gasteiger partial charge in [-0.15, -0.1) is 0 Å². The van der Waals surface area contributed by atoms with Crippen LogP contribution in [0.3, 0.4) is 0 Å². The lowest BCUT2D eigenvalue weighted by Crippen LogP contribution is -2.41. The summed E-state index contributed by atoms with van der Waals surface area (Å²) in [6, 6.07) is 15.0. The highest BCUT2D eigenvalue weighted by molar-refractivity contribution is 6.00. The Morgan fingerprint density at radius 1 is 1.03 bits per heavy atom. The summed E-state index contributed by atoms with van der Waals surface area (Å²) in [6.45, 7) is 3.87. The van der Waals surface area contributed by atoms with Crippen LogP contribution >= 0.6 is 0 Å². The maximum absolute atomic E-state index is 12.5. The van der Waals surface area contributed by atoms with E-state index in [4.69, 9.17) is 9.47 Å². The van der Waals surface area contributed by atoms with E-state index < -0.39 is 6.29 Å². The Labute approximate surface area is 171 Å². The molecule has 0 saturated heterocycles. The molecule has 0 aliphatic heterocycles. The lowest BCUT2D eigenvalue weighted by Gasteiger charge is -2.15. The van der Waals surface area contributed by atoms with Crippen molar-refractivity contribution >= 4 is 17.4 Å². The van der Waals surface area contributed by atoms with E-state index >= 15 is 0 Å². The quantitative estimate of drug-likeness (QED) is 0.403. The summed E-state index contributed by atoms with van der Waals surface area (Å²) < 4.78 is 10.5. The van der Waals surface area contributed by atoms with Crippen LogP contribution < -0.4 is 10.9 Å². The maximum atomic E-state index is 12.5. The van der Waals surface area contributed by atoms with Crippen LogP contribution in [0.4, 0.5) is 0 Å². The Morgan fingerprint density at radius 3 is 2.31 bits per heavy atom. The minimum atomic E-state index is -0.495. The molecule has 0 bridgehead atoms. The number of hydrazine groups is 1. The van der Waals surface area contributed by atoms with E-state index in [2.05, 4.69) is 17.8 Å². The van der Waals surface area contributed by atoms with Crippen LogP contribution in [-0.2, 0) is 14.3 Å². The third-order valence-electron chi connectivity index (χ3n) is 4.46. The van der Waals surface area contributed by atoms with Crippen molar-refractivity contribution in [1.29, 1.82) is 0 Å². The number of carbonyl (C=O) groups is 2. The van der Waals surface area contributed by atoms with Gasteiger partial charge in [-0.1, -0.05) is 55.8 Å². The number of nitrogens with one attached hydrogen (secondary N) is 2. The maximum Gasteiger partial charge on any atom is 0.269 e. The molecule has 0 aliphatic carbocycles. The topological polar surface area (TPSA) is 76.7 Å². The van der Waals surface area contributed by atoms with E-state index in [0.717, 1.165) is 35.1 Å². The third kappa shape index (κ3) is 6.27. The second-order valence-electron chi connectivity index (χ2n) is 6.61. The summed E-state index contributed by atoms with van der Waals surface area (Å²) in [5.41, 5.74) is 8.86. The van der Waals surface area contributed by atoms with Crippen molar-refractivity contribution in [3.8, 4) is 0 Å². The number of hydrogen-bond donors (Lipinski definition) is 2. The number of hydrogen-bond acceptors (Lipinski definition) is 4. The lowest BCUT2D eigenvalue weighted by atomic mass is 10.0. The van der Waals surface area contributed by atoms with Crippen LogP contribution in [0.15, 0.2) is 54.6 Å². The minimum absolute atomic E-state index is 0.376. The largest absolute Gasteiger partial charge is 0.352 e. The minimum Gasteiger partial charge on any atom is -0.352 e. The summed E-state index contributed by atoms with van der Waals surface area (Å²) in [6.07, 6.45) is 2.71. The molecule has 2 aromatic rings. The molecular formula is C23H28N2O4. The van der Waals surface area contributed by atoms with Crippen molar-refractivity contribution in [3.63, 3.8) is 0 Å². The zero-order valence-electron chi connectivity index (χ0n) is 17.3. The van der Waals surface area contributed by atoms with Gasteiger partial charge in [0.2, 0.25) is 0 Å². The van der Waals surface area contributed by atoms with Gasteiger partial charge in [0.25, 0.3) is 11.8 Å². The molecule has 154 valence electrons. The molecule has 29 heavy (non-hydrogen) atoms. The average molecular weight is 396 g/mol. The fourth-order valence-corrected chi connectivity index (χ4v) is 3.06. The molecule has 6 nitrogen and oxygen atoms in total. The number of aryl methyl sites for hydroxylation is 1. The van der Waals surface area contributed by atoms with Crippen molar-refractivity contribution in [2.45, 2.75) is 33.0 Å². The summed E-state index contributed by atoms with van der Waals surface area (Å²) in [5.74, 6) is -0.766. The van der Waals surface area contributed by atoms with Crippen LogP contribution in [0.5, 0.6) is 0 Å². The van der Waals surface area contributed by atoms with Gasteiger partial charge in [-0.2, -0.15) is 0 Å². The fourth-order valence-electron chi connectivity index (χ4n) is 3.06. The molecule has 0 fully saturated rings. The Kier molecular flexibility index (Phi) is 8.58. The van der Waals surface area contributed by atoms with Crippen LogP contribution in [-0.4, -0.2) is 26.0 Å². The second kappa shape index (κ2) is 11.1. The summed E-state index contributed by atoms with van der Waals surface area (Å²) in [7, 11) is 3.10. The van der Waals surface area contributed by atoms with Gasteiger partial charge in [0.05, 0.1) is 0 Å². The van der Waals surface area contributed by atoms with Gasteiger partial charge in [0.1, 0.15) is 0 Å². The first-order chi connectivity index (χ1) is 14.0. The van der Waals surface area contributed by atoms with Crippen molar-refractivity contribution < 1.29 is 19.1 Å². The zero-order chi connectivity index (χ0) is 21.2. The van der Waals surface area contributed by atoms with E-state index in [1.54, 1.807) is 26.4 Å². The molecule has 0 heterocycles. The predicted molar refractivity (Wildman–Crippen MR) is 113 cm³/mol. The van der Waals surface area contributed by atoms with E-state index in [0.29, 0.717) is 5.56 Å². The molecule has 0 radical (unpaired) electrons. The SMILES string of the molecule is CCC/C(=C\C(=O)NNC(=O)c1ccc(C(OC)OC)cc1C)c1ccccc1. The number of benzene rings is 2. The first-order valence-corrected chi connectivity index (χ1v) is 9.52. The van der Waals surface area contributed by atoms with Gasteiger partial charge in [-0.05, 0) is 36.1 Å². The van der Waals surface area contributed by atoms with Crippen LogP contribution in [0.2, 0.25) is 0 Å². The van der Waals surface area contributed by atoms with Gasteiger partial charge in [-0.25, -0.2) is 0 Å². The predicted octanol–water partition coefficient (Wildman–Crippen LogP) is 3.93. The molecule has 6 heteroatoms. The molecule has 2 aromatic carbocycles. The normalized spacial score (nSPS) is 11.4. The Morgan fingerprint density at radius 2 is 1.72 bits per heavy atom. The Bertz CT molecular complexity index is 858. The number of allylic oxidation sites excluding steroid dienone is 1. The molecule has 2 amide bonds. The highest BCUT2D eigenvalue weighted by Gasteiger charge is 2.14. The smallest absolute Gasteiger partial charge is 0.269 e. The number of amides is 2. The first-order valence-electron chi connectivity index (χ1n) is 9.52. The number of ether oxygens (including phenoxy) is 2. The summed E-state index contributed by atoms with van der Waals surface area (Å²) in [5, 5.41) is 0. The number of methoxy groups -OCH3 is 2. The fraction of sp³-hybridized carbons (Fsp3) is 0.304. The van der Waals surface area contributed by atoms with Gasteiger partial charge < -0.3 is 9.47 Å². The van der Waals surface area contributed by atoms with Crippen molar-refractivity contribution in [1.82, 2.24) is 10.9 Å². The van der Waals surface area contributed by atoms with Crippen molar-refractivity contribution in [2.24, 2.45) is 0 Å². The molecule has 0 unspecified atom stereocenters. The van der Waals surface area contributed by atoms with Gasteiger partial charge in [0, 0.05) is 31.4 Å². The van der Waals surface area contributed by atoms with Crippen LogP contribution in [0, 0.1) is 6.92 Å². The Balaban J connectivity index is 2.05. The van der Waals surface area contributed by atoms with Gasteiger partial charge >= 0.3 is 0 Å². The van der Waals surface area contributed by atoms with Gasteiger partial charge in [0.15, 0.2) is 6.29 Å². The second-order valence-corrected chi connectivity index (χ2v) is 6.61. The van der Waals surface area contributed by atoms with E-state index in [1.807, 2.05) is 43.3 Å². The summed E-state index contributed by atoms with van der Waals surface area (Å²) >= 11 is 0. The Hall–Kier alpha value is -2.96. The highest BCUT2D eigenvalue weighted by atomic mass is 16.7. The monoisotopic (exact) mass is 396 g/mol. The highest BCUT2D eigenvalue weighted by Crippen LogP contribution is 2.21. The molecule has 0 aliphatic rings. The third-order valence-corrected chi connectivity index (χ3v) is 4.46. The number of carbonyl (C=O) groups excluding carboxylic acids is 2. The van der Waals surface area contributed by atoms with Crippen molar-refractivity contribution in [3.05, 3.63) is 76.9 Å². The molecule has 0 aromatic heterocycles.